The molecule has 0 aliphatic carbocycles. The average molecular weight is 655 g/mol. The van der Waals surface area contributed by atoms with Crippen molar-refractivity contribution in [3.63, 3.8) is 0 Å². The number of phenols is 2. The lowest BCUT2D eigenvalue weighted by atomic mass is 9.98. The lowest BCUT2D eigenvalue weighted by Crippen LogP contribution is -2.62. The predicted octanol–water partition coefficient (Wildman–Crippen LogP) is -2.11. The van der Waals surface area contributed by atoms with E-state index in [4.69, 9.17) is 32.8 Å². The number of ether oxygens (including phenoxy) is 6. The number of aromatic hydroxyl groups is 2. The maximum atomic E-state index is 13.4. The number of phenolic OH excluding ortho intramolecular Hbond substituents is 2. The van der Waals surface area contributed by atoms with Crippen LogP contribution in [0.15, 0.2) is 39.7 Å². The van der Waals surface area contributed by atoms with Crippen LogP contribution in [0.5, 0.6) is 28.7 Å². The second-order valence-electron chi connectivity index (χ2n) is 10.7. The minimum atomic E-state index is -1.86. The van der Waals surface area contributed by atoms with E-state index >= 15 is 0 Å². The summed E-state index contributed by atoms with van der Waals surface area (Å²) in [4.78, 5) is 13.4. The van der Waals surface area contributed by atoms with Crippen LogP contribution in [0.4, 0.5) is 0 Å². The van der Waals surface area contributed by atoms with Crippen molar-refractivity contribution in [3.05, 3.63) is 40.8 Å². The van der Waals surface area contributed by atoms with Crippen LogP contribution in [0.25, 0.3) is 22.1 Å². The lowest BCUT2D eigenvalue weighted by Gasteiger charge is -2.42. The van der Waals surface area contributed by atoms with E-state index < -0.39 is 85.8 Å². The molecular formula is C29H34O17. The standard InChI is InChI=1S/C29H34O17/c1-40-13-4-3-10(5-12(13)31)11-8-42-14-6-15(27(41-2)22(35)18(14)19(11)32)44-29-26(39)24(37)21(34)17(46-29)9-43-28-25(38)23(36)20(33)16(7-30)45-28/h3-6,8,16-17,20-21,23-26,28-31,33-39H,7,9H2,1-2H3. The Kier molecular flexibility index (Phi) is 9.89. The number of fused-ring (bicyclic) bond motifs is 1. The third kappa shape index (κ3) is 6.05. The van der Waals surface area contributed by atoms with Crippen molar-refractivity contribution >= 4 is 11.0 Å². The molecule has 17 heteroatoms. The molecule has 252 valence electrons. The van der Waals surface area contributed by atoms with Crippen molar-refractivity contribution in [2.45, 2.75) is 61.4 Å². The van der Waals surface area contributed by atoms with Gasteiger partial charge in [0.25, 0.3) is 0 Å². The van der Waals surface area contributed by atoms with Crippen molar-refractivity contribution in [2.24, 2.45) is 0 Å². The SMILES string of the molecule is COc1ccc(-c2coc3cc(OC4OC(COC5OC(CO)C(O)C(O)C5O)C(O)C(O)C4O)c(OC)c(O)c3c2=O)cc1O. The van der Waals surface area contributed by atoms with Gasteiger partial charge in [-0.05, 0) is 17.7 Å². The molecule has 2 fully saturated rings. The molecule has 3 heterocycles. The number of aliphatic hydroxyl groups excluding tert-OH is 7. The molecular weight excluding hydrogens is 620 g/mol. The van der Waals surface area contributed by atoms with Crippen LogP contribution in [-0.2, 0) is 14.2 Å². The van der Waals surface area contributed by atoms with E-state index in [0.717, 1.165) is 19.4 Å². The van der Waals surface area contributed by atoms with E-state index in [-0.39, 0.29) is 45.1 Å². The fraction of sp³-hybridized carbons (Fsp3) is 0.483. The molecule has 0 bridgehead atoms. The van der Waals surface area contributed by atoms with E-state index in [1.807, 2.05) is 0 Å². The molecule has 17 nitrogen and oxygen atoms in total. The number of benzene rings is 2. The second kappa shape index (κ2) is 13.5. The molecule has 0 amide bonds. The summed E-state index contributed by atoms with van der Waals surface area (Å²) in [7, 11) is 2.52. The average Bonchev–Trinajstić information content (AvgIpc) is 3.04. The van der Waals surface area contributed by atoms with Gasteiger partial charge in [-0.15, -0.1) is 0 Å². The summed E-state index contributed by atoms with van der Waals surface area (Å²) >= 11 is 0. The molecule has 46 heavy (non-hydrogen) atoms. The van der Waals surface area contributed by atoms with Crippen LogP contribution in [0.2, 0.25) is 0 Å². The molecule has 10 unspecified atom stereocenters. The highest BCUT2D eigenvalue weighted by atomic mass is 16.7. The molecule has 2 aliphatic heterocycles. The Balaban J connectivity index is 1.39. The minimum absolute atomic E-state index is 0.0122. The quantitative estimate of drug-likeness (QED) is 0.119. The van der Waals surface area contributed by atoms with Gasteiger partial charge in [-0.1, -0.05) is 6.07 Å². The molecule has 2 aromatic carbocycles. The molecule has 10 atom stereocenters. The Bertz CT molecular complexity index is 1590. The van der Waals surface area contributed by atoms with Crippen LogP contribution < -0.4 is 19.6 Å². The van der Waals surface area contributed by atoms with Gasteiger partial charge < -0.3 is 78.8 Å². The fourth-order valence-electron chi connectivity index (χ4n) is 5.24. The van der Waals surface area contributed by atoms with Gasteiger partial charge >= 0.3 is 0 Å². The normalized spacial score (nSPS) is 31.5. The topological polar surface area (TPSA) is 268 Å². The Morgan fingerprint density at radius 3 is 2.07 bits per heavy atom. The van der Waals surface area contributed by atoms with Gasteiger partial charge in [-0.25, -0.2) is 0 Å². The highest BCUT2D eigenvalue weighted by Gasteiger charge is 2.48. The molecule has 2 aliphatic rings. The Morgan fingerprint density at radius 2 is 1.43 bits per heavy atom. The monoisotopic (exact) mass is 654 g/mol. The number of rotatable bonds is 9. The third-order valence-electron chi connectivity index (χ3n) is 7.84. The van der Waals surface area contributed by atoms with E-state index in [0.29, 0.717) is 0 Å². The van der Waals surface area contributed by atoms with Crippen LogP contribution in [0, 0.1) is 0 Å². The summed E-state index contributed by atoms with van der Waals surface area (Å²) in [5.41, 5.74) is -0.614. The first-order valence-corrected chi connectivity index (χ1v) is 13.9. The van der Waals surface area contributed by atoms with Gasteiger partial charge in [-0.3, -0.25) is 4.79 Å². The van der Waals surface area contributed by atoms with Crippen LogP contribution in [0.1, 0.15) is 0 Å². The lowest BCUT2D eigenvalue weighted by molar-refractivity contribution is -0.323. The summed E-state index contributed by atoms with van der Waals surface area (Å²) in [6, 6.07) is 5.38. The van der Waals surface area contributed by atoms with Gasteiger partial charge in [-0.2, -0.15) is 0 Å². The van der Waals surface area contributed by atoms with Crippen molar-refractivity contribution in [2.75, 3.05) is 27.4 Å². The first kappa shape index (κ1) is 33.6. The first-order chi connectivity index (χ1) is 21.9. The summed E-state index contributed by atoms with van der Waals surface area (Å²) in [6.07, 6.45) is -15.5. The van der Waals surface area contributed by atoms with Crippen LogP contribution in [-0.4, -0.2) is 135 Å². The molecule has 0 radical (unpaired) electrons. The molecule has 0 spiro atoms. The van der Waals surface area contributed by atoms with Gasteiger partial charge in [0.2, 0.25) is 17.5 Å². The van der Waals surface area contributed by atoms with Crippen molar-refractivity contribution in [3.8, 4) is 39.9 Å². The number of methoxy groups -OCH3 is 2. The highest BCUT2D eigenvalue weighted by molar-refractivity contribution is 5.91. The number of hydrogen-bond donors (Lipinski definition) is 9. The van der Waals surface area contributed by atoms with Crippen molar-refractivity contribution in [1.29, 1.82) is 0 Å². The van der Waals surface area contributed by atoms with E-state index in [2.05, 4.69) is 0 Å². The maximum Gasteiger partial charge on any atom is 0.229 e. The second-order valence-corrected chi connectivity index (χ2v) is 10.7. The smallest absolute Gasteiger partial charge is 0.229 e. The van der Waals surface area contributed by atoms with E-state index in [1.165, 1.54) is 25.3 Å². The van der Waals surface area contributed by atoms with Gasteiger partial charge in [0.15, 0.2) is 29.3 Å². The molecule has 3 aromatic rings. The number of hydrogen-bond acceptors (Lipinski definition) is 17. The third-order valence-corrected chi connectivity index (χ3v) is 7.84. The summed E-state index contributed by atoms with van der Waals surface area (Å²) in [5, 5.41) is 92.1. The van der Waals surface area contributed by atoms with Crippen LogP contribution in [0.3, 0.4) is 0 Å². The number of aliphatic hydroxyl groups is 7. The van der Waals surface area contributed by atoms with Crippen LogP contribution >= 0.6 is 0 Å². The largest absolute Gasteiger partial charge is 0.504 e. The zero-order valence-electron chi connectivity index (χ0n) is 24.4. The highest BCUT2D eigenvalue weighted by Crippen LogP contribution is 2.43. The zero-order valence-corrected chi connectivity index (χ0v) is 24.4. The maximum absolute atomic E-state index is 13.4. The molecule has 0 saturated carbocycles. The van der Waals surface area contributed by atoms with Crippen molar-refractivity contribution in [1.82, 2.24) is 0 Å². The Morgan fingerprint density at radius 1 is 0.783 bits per heavy atom. The summed E-state index contributed by atoms with van der Waals surface area (Å²) in [5.74, 6) is -1.43. The predicted molar refractivity (Wildman–Crippen MR) is 151 cm³/mol. The van der Waals surface area contributed by atoms with Gasteiger partial charge in [0.1, 0.15) is 66.1 Å². The van der Waals surface area contributed by atoms with Gasteiger partial charge in [0.05, 0.1) is 33.0 Å². The Labute approximate surface area is 259 Å². The molecule has 5 rings (SSSR count). The van der Waals surface area contributed by atoms with E-state index in [1.54, 1.807) is 0 Å². The summed E-state index contributed by atoms with van der Waals surface area (Å²) < 4.78 is 37.9. The van der Waals surface area contributed by atoms with Gasteiger partial charge in [0, 0.05) is 6.07 Å². The summed E-state index contributed by atoms with van der Waals surface area (Å²) in [6.45, 7) is -1.31. The fourth-order valence-corrected chi connectivity index (χ4v) is 5.24. The van der Waals surface area contributed by atoms with E-state index in [9.17, 15) is 50.8 Å². The first-order valence-electron chi connectivity index (χ1n) is 13.9. The molecule has 2 saturated heterocycles. The van der Waals surface area contributed by atoms with Crippen molar-refractivity contribution < 1.29 is 78.8 Å². The Hall–Kier alpha value is -3.75. The molecule has 1 aromatic heterocycles. The zero-order chi connectivity index (χ0) is 33.4. The minimum Gasteiger partial charge on any atom is -0.504 e. The molecule has 9 N–H and O–H groups in total.